The Morgan fingerprint density at radius 3 is 2.36 bits per heavy atom. The van der Waals surface area contributed by atoms with Crippen LogP contribution in [0.2, 0.25) is 0 Å². The van der Waals surface area contributed by atoms with E-state index < -0.39 is 29.7 Å². The summed E-state index contributed by atoms with van der Waals surface area (Å²) in [7, 11) is 0. The molecule has 42 heavy (non-hydrogen) atoms. The number of aliphatic hydroxyl groups is 1. The van der Waals surface area contributed by atoms with Crippen molar-refractivity contribution in [1.82, 2.24) is 20.2 Å². The largest absolute Gasteiger partial charge is 0.390 e. The van der Waals surface area contributed by atoms with Crippen LogP contribution in [0.5, 0.6) is 0 Å². The van der Waals surface area contributed by atoms with E-state index in [2.05, 4.69) is 15.3 Å². The zero-order chi connectivity index (χ0) is 30.1. The third-order valence-electron chi connectivity index (χ3n) is 6.85. The van der Waals surface area contributed by atoms with Gasteiger partial charge in [-0.25, -0.2) is 13.8 Å². The lowest BCUT2D eigenvalue weighted by atomic mass is 10.0. The second-order valence-corrected chi connectivity index (χ2v) is 11.2. The van der Waals surface area contributed by atoms with Crippen molar-refractivity contribution in [3.05, 3.63) is 95.1 Å². The zero-order valence-electron chi connectivity index (χ0n) is 23.8. The highest BCUT2D eigenvalue weighted by atomic mass is 32.2. The fraction of sp³-hybridized carbons (Fsp3) is 0.344. The molecule has 0 aliphatic heterocycles. The second kappa shape index (κ2) is 14.9. The molecule has 0 radical (unpaired) electrons. The molecule has 0 saturated heterocycles. The predicted octanol–water partition coefficient (Wildman–Crippen LogP) is 5.99. The Labute approximate surface area is 248 Å². The first kappa shape index (κ1) is 31.2. The number of hydrogen-bond acceptors (Lipinski definition) is 5. The number of aliphatic hydroxyl groups excluding tert-OH is 1. The molecule has 0 aliphatic carbocycles. The van der Waals surface area contributed by atoms with Crippen LogP contribution in [0.25, 0.3) is 11.0 Å². The molecule has 0 fully saturated rings. The summed E-state index contributed by atoms with van der Waals surface area (Å²) >= 11 is 1.31. The highest BCUT2D eigenvalue weighted by Crippen LogP contribution is 2.22. The molecule has 3 aromatic carbocycles. The molecule has 1 aromatic heterocycles. The van der Waals surface area contributed by atoms with Crippen LogP contribution in [0.3, 0.4) is 0 Å². The third-order valence-corrected chi connectivity index (χ3v) is 7.83. The topological polar surface area (TPSA) is 98.3 Å². The SMILES string of the molecule is CCCN(CCC)C(=O)c1cccc(C(=O)N[C@@H](CCc2cc(F)cc(F)c2)[C@H](O)CSc2nc3ccccc3[nH]2)c1. The van der Waals surface area contributed by atoms with E-state index in [1.807, 2.05) is 38.1 Å². The molecule has 4 aromatic rings. The quantitative estimate of drug-likeness (QED) is 0.156. The Kier molecular flexibility index (Phi) is 11.1. The maximum atomic E-state index is 13.8. The minimum atomic E-state index is -1.00. The molecule has 4 rings (SSSR count). The van der Waals surface area contributed by atoms with Gasteiger partial charge in [-0.1, -0.05) is 43.8 Å². The minimum absolute atomic E-state index is 0.139. The van der Waals surface area contributed by atoms with Crippen LogP contribution in [-0.4, -0.2) is 62.8 Å². The molecule has 1 heterocycles. The molecule has 2 atom stereocenters. The monoisotopic (exact) mass is 594 g/mol. The molecule has 0 unspecified atom stereocenters. The number of halogens is 2. The van der Waals surface area contributed by atoms with Gasteiger partial charge in [-0.3, -0.25) is 9.59 Å². The number of aromatic nitrogens is 2. The van der Waals surface area contributed by atoms with Crippen LogP contribution >= 0.6 is 11.8 Å². The normalized spacial score (nSPS) is 12.7. The summed E-state index contributed by atoms with van der Waals surface area (Å²) in [6, 6.07) is 16.7. The minimum Gasteiger partial charge on any atom is -0.390 e. The van der Waals surface area contributed by atoms with E-state index in [4.69, 9.17) is 0 Å². The number of amides is 2. The van der Waals surface area contributed by atoms with Crippen LogP contribution < -0.4 is 5.32 Å². The van der Waals surface area contributed by atoms with Crippen molar-refractivity contribution in [3.63, 3.8) is 0 Å². The van der Waals surface area contributed by atoms with Gasteiger partial charge in [-0.2, -0.15) is 0 Å². The summed E-state index contributed by atoms with van der Waals surface area (Å²) < 4.78 is 27.6. The number of imidazole rings is 1. The maximum Gasteiger partial charge on any atom is 0.253 e. The van der Waals surface area contributed by atoms with Gasteiger partial charge < -0.3 is 20.3 Å². The molecule has 0 bridgehead atoms. The first-order valence-electron chi connectivity index (χ1n) is 14.2. The fourth-order valence-electron chi connectivity index (χ4n) is 4.80. The summed E-state index contributed by atoms with van der Waals surface area (Å²) in [5.74, 6) is -1.75. The average Bonchev–Trinajstić information content (AvgIpc) is 3.40. The van der Waals surface area contributed by atoms with E-state index in [-0.39, 0.29) is 30.1 Å². The zero-order valence-corrected chi connectivity index (χ0v) is 24.6. The van der Waals surface area contributed by atoms with Crippen LogP contribution in [0, 0.1) is 11.6 Å². The Bertz CT molecular complexity index is 1450. The van der Waals surface area contributed by atoms with E-state index in [1.165, 1.54) is 23.9 Å². The molecule has 3 N–H and O–H groups in total. The number of para-hydroxylation sites is 2. The number of nitrogens with one attached hydrogen (secondary N) is 2. The van der Waals surface area contributed by atoms with E-state index in [0.29, 0.717) is 29.4 Å². The van der Waals surface area contributed by atoms with Gasteiger partial charge >= 0.3 is 0 Å². The van der Waals surface area contributed by atoms with Gasteiger partial charge in [0.25, 0.3) is 11.8 Å². The summed E-state index contributed by atoms with van der Waals surface area (Å²) in [6.07, 6.45) is 1.11. The van der Waals surface area contributed by atoms with Crippen LogP contribution in [-0.2, 0) is 6.42 Å². The van der Waals surface area contributed by atoms with E-state index in [0.717, 1.165) is 29.9 Å². The number of carbonyl (C=O) groups excluding carboxylic acids is 2. The number of aromatic amines is 1. The van der Waals surface area contributed by atoms with Crippen LogP contribution in [0.15, 0.2) is 71.9 Å². The van der Waals surface area contributed by atoms with Gasteiger partial charge in [0.1, 0.15) is 11.6 Å². The van der Waals surface area contributed by atoms with Gasteiger partial charge in [0, 0.05) is 36.0 Å². The van der Waals surface area contributed by atoms with Gasteiger partial charge in [-0.15, -0.1) is 0 Å². The molecular weight excluding hydrogens is 558 g/mol. The van der Waals surface area contributed by atoms with Gasteiger partial charge in [0.15, 0.2) is 5.16 Å². The summed E-state index contributed by atoms with van der Waals surface area (Å²) in [6.45, 7) is 5.27. The first-order valence-corrected chi connectivity index (χ1v) is 15.2. The lowest BCUT2D eigenvalue weighted by Gasteiger charge is -2.24. The van der Waals surface area contributed by atoms with Crippen molar-refractivity contribution in [2.75, 3.05) is 18.8 Å². The van der Waals surface area contributed by atoms with Gasteiger partial charge in [0.2, 0.25) is 0 Å². The van der Waals surface area contributed by atoms with E-state index in [1.54, 1.807) is 29.2 Å². The van der Waals surface area contributed by atoms with Crippen molar-refractivity contribution in [2.45, 2.75) is 56.8 Å². The molecule has 2 amide bonds. The molecule has 222 valence electrons. The number of hydrogen-bond donors (Lipinski definition) is 3. The number of aryl methyl sites for hydroxylation is 1. The molecule has 10 heteroatoms. The van der Waals surface area contributed by atoms with E-state index in [9.17, 15) is 23.5 Å². The standard InChI is InChI=1S/C32H36F2N4O3S/c1-3-14-38(15-4-2)31(41)23-9-7-8-22(18-23)30(40)35-28(13-12-21-16-24(33)19-25(34)17-21)29(39)20-42-32-36-26-10-5-6-11-27(26)37-32/h5-11,16-19,28-29,39H,3-4,12-15,20H2,1-2H3,(H,35,40)(H,36,37)/t28-,29+/m0/s1. The highest BCUT2D eigenvalue weighted by molar-refractivity contribution is 7.99. The number of fused-ring (bicyclic) bond motifs is 1. The smallest absolute Gasteiger partial charge is 0.253 e. The number of rotatable bonds is 14. The molecular formula is C32H36F2N4O3S. The number of thioether (sulfide) groups is 1. The summed E-state index contributed by atoms with van der Waals surface area (Å²) in [5, 5.41) is 14.7. The van der Waals surface area contributed by atoms with Crippen molar-refractivity contribution in [3.8, 4) is 0 Å². The summed E-state index contributed by atoms with van der Waals surface area (Å²) in [4.78, 5) is 36.0. The number of nitrogens with zero attached hydrogens (tertiary/aromatic N) is 2. The van der Waals surface area contributed by atoms with Crippen LogP contribution in [0.4, 0.5) is 8.78 Å². The maximum absolute atomic E-state index is 13.8. The molecule has 0 spiro atoms. The number of benzene rings is 3. The van der Waals surface area contributed by atoms with E-state index >= 15 is 0 Å². The number of H-pyrrole nitrogens is 1. The Morgan fingerprint density at radius 1 is 0.976 bits per heavy atom. The lowest BCUT2D eigenvalue weighted by Crippen LogP contribution is -2.45. The van der Waals surface area contributed by atoms with Crippen molar-refractivity contribution < 1.29 is 23.5 Å². The highest BCUT2D eigenvalue weighted by Gasteiger charge is 2.24. The fourth-order valence-corrected chi connectivity index (χ4v) is 5.70. The predicted molar refractivity (Wildman–Crippen MR) is 162 cm³/mol. The second-order valence-electron chi connectivity index (χ2n) is 10.2. The molecule has 7 nitrogen and oxygen atoms in total. The van der Waals surface area contributed by atoms with Crippen molar-refractivity contribution >= 4 is 34.6 Å². The lowest BCUT2D eigenvalue weighted by molar-refractivity contribution is 0.0755. The van der Waals surface area contributed by atoms with Crippen LogP contribution in [0.1, 0.15) is 59.4 Å². The first-order chi connectivity index (χ1) is 20.3. The third kappa shape index (κ3) is 8.39. The van der Waals surface area contributed by atoms with Gasteiger partial charge in [0.05, 0.1) is 23.2 Å². The molecule has 0 saturated carbocycles. The number of carbonyl (C=O) groups is 2. The summed E-state index contributed by atoms with van der Waals surface area (Å²) in [5.41, 5.74) is 2.80. The average molecular weight is 595 g/mol. The molecule has 0 aliphatic rings. The van der Waals surface area contributed by atoms with Gasteiger partial charge in [-0.05, 0) is 73.7 Å². The Hall–Kier alpha value is -3.76. The Morgan fingerprint density at radius 2 is 1.67 bits per heavy atom. The Balaban J connectivity index is 1.49. The van der Waals surface area contributed by atoms with Crippen molar-refractivity contribution in [2.24, 2.45) is 0 Å². The van der Waals surface area contributed by atoms with Crippen molar-refractivity contribution in [1.29, 1.82) is 0 Å².